The van der Waals surface area contributed by atoms with Crippen molar-refractivity contribution in [3.63, 3.8) is 0 Å². The Labute approximate surface area is 146 Å². The fourth-order valence-corrected chi connectivity index (χ4v) is 5.19. The van der Waals surface area contributed by atoms with Gasteiger partial charge in [0.15, 0.2) is 0 Å². The molecule has 5 nitrogen and oxygen atoms in total. The zero-order valence-corrected chi connectivity index (χ0v) is 15.6. The molecule has 1 aromatic rings. The molecule has 0 aromatic heterocycles. The monoisotopic (exact) mass is 402 g/mol. The van der Waals surface area contributed by atoms with E-state index >= 15 is 0 Å². The molecule has 0 N–H and O–H groups in total. The number of halogens is 1. The molecule has 0 saturated carbocycles. The van der Waals surface area contributed by atoms with Crippen molar-refractivity contribution in [2.45, 2.75) is 30.3 Å². The number of nitrogens with zero attached hydrogens (tertiary/aromatic N) is 2. The minimum absolute atomic E-state index is 0.317. The molecule has 7 heteroatoms. The summed E-state index contributed by atoms with van der Waals surface area (Å²) in [4.78, 5) is 2.68. The standard InChI is InChI=1S/C16H23BrN2O3S/c17-14-4-3-6-16(12-14)23(20,21)19-9-7-18(8-10-19)13-15-5-1-2-11-22-15/h3-4,6,12,15H,1-2,5,7-11,13H2/t15-/m0/s1. The molecule has 2 aliphatic rings. The maximum atomic E-state index is 12.7. The van der Waals surface area contributed by atoms with Crippen molar-refractivity contribution in [1.82, 2.24) is 9.21 Å². The molecule has 2 saturated heterocycles. The van der Waals surface area contributed by atoms with Crippen molar-refractivity contribution < 1.29 is 13.2 Å². The molecule has 0 unspecified atom stereocenters. The van der Waals surface area contributed by atoms with E-state index in [1.807, 2.05) is 6.07 Å². The number of sulfonamides is 1. The molecule has 23 heavy (non-hydrogen) atoms. The van der Waals surface area contributed by atoms with E-state index in [-0.39, 0.29) is 0 Å². The van der Waals surface area contributed by atoms with Gasteiger partial charge in [0.05, 0.1) is 11.0 Å². The third kappa shape index (κ3) is 4.33. The van der Waals surface area contributed by atoms with Gasteiger partial charge in [0.2, 0.25) is 10.0 Å². The van der Waals surface area contributed by atoms with Gasteiger partial charge in [0, 0.05) is 43.8 Å². The Kier molecular flexibility index (Phi) is 5.74. The summed E-state index contributed by atoms with van der Waals surface area (Å²) in [5.41, 5.74) is 0. The SMILES string of the molecule is O=S(=O)(c1cccc(Br)c1)N1CCN(C[C@@H]2CCCCO2)CC1. The molecule has 2 heterocycles. The van der Waals surface area contributed by atoms with Crippen molar-refractivity contribution >= 4 is 26.0 Å². The number of piperazine rings is 1. The number of rotatable bonds is 4. The highest BCUT2D eigenvalue weighted by atomic mass is 79.9. The Bertz CT molecular complexity index is 624. The van der Waals surface area contributed by atoms with Crippen LogP contribution in [-0.2, 0) is 14.8 Å². The Morgan fingerprint density at radius 3 is 2.61 bits per heavy atom. The number of hydrogen-bond acceptors (Lipinski definition) is 4. The third-order valence-corrected chi connectivity index (χ3v) is 6.89. The van der Waals surface area contributed by atoms with Crippen LogP contribution in [0.15, 0.2) is 33.6 Å². The second kappa shape index (κ2) is 7.61. The molecule has 1 aromatic carbocycles. The average Bonchev–Trinajstić information content (AvgIpc) is 2.56. The van der Waals surface area contributed by atoms with Gasteiger partial charge in [-0.25, -0.2) is 8.42 Å². The summed E-state index contributed by atoms with van der Waals surface area (Å²) in [7, 11) is -3.40. The Morgan fingerprint density at radius 2 is 1.96 bits per heavy atom. The van der Waals surface area contributed by atoms with Crippen LogP contribution in [0.3, 0.4) is 0 Å². The Hall–Kier alpha value is -0.470. The van der Waals surface area contributed by atoms with Crippen molar-refractivity contribution in [2.75, 3.05) is 39.3 Å². The number of ether oxygens (including phenoxy) is 1. The summed E-state index contributed by atoms with van der Waals surface area (Å²) in [5.74, 6) is 0. The summed E-state index contributed by atoms with van der Waals surface area (Å²) < 4.78 is 33.5. The van der Waals surface area contributed by atoms with E-state index < -0.39 is 10.0 Å². The minimum atomic E-state index is -3.40. The second-order valence-electron chi connectivity index (χ2n) is 6.15. The molecule has 0 spiro atoms. The van der Waals surface area contributed by atoms with E-state index in [0.29, 0.717) is 24.1 Å². The average molecular weight is 403 g/mol. The predicted octanol–water partition coefficient (Wildman–Crippen LogP) is 2.32. The van der Waals surface area contributed by atoms with Crippen molar-refractivity contribution in [1.29, 1.82) is 0 Å². The van der Waals surface area contributed by atoms with Crippen molar-refractivity contribution in [2.24, 2.45) is 0 Å². The first-order chi connectivity index (χ1) is 11.1. The van der Waals surface area contributed by atoms with Crippen LogP contribution in [0.25, 0.3) is 0 Å². The van der Waals surface area contributed by atoms with E-state index in [9.17, 15) is 8.42 Å². The molecule has 3 rings (SSSR count). The molecule has 0 bridgehead atoms. The summed E-state index contributed by atoms with van der Waals surface area (Å²) in [6, 6.07) is 6.91. The van der Waals surface area contributed by atoms with E-state index in [2.05, 4.69) is 20.8 Å². The van der Waals surface area contributed by atoms with Crippen molar-refractivity contribution in [3.05, 3.63) is 28.7 Å². The molecule has 2 fully saturated rings. The number of benzene rings is 1. The molecule has 0 aliphatic carbocycles. The van der Waals surface area contributed by atoms with Crippen LogP contribution in [0.1, 0.15) is 19.3 Å². The first kappa shape index (κ1) is 17.4. The molecule has 0 amide bonds. The van der Waals surface area contributed by atoms with Crippen LogP contribution >= 0.6 is 15.9 Å². The Balaban J connectivity index is 1.57. The predicted molar refractivity (Wildman–Crippen MR) is 92.9 cm³/mol. The quantitative estimate of drug-likeness (QED) is 0.775. The maximum absolute atomic E-state index is 12.7. The maximum Gasteiger partial charge on any atom is 0.243 e. The first-order valence-corrected chi connectivity index (χ1v) is 10.4. The zero-order chi connectivity index (χ0) is 16.3. The topological polar surface area (TPSA) is 49.9 Å². The van der Waals surface area contributed by atoms with Crippen LogP contribution in [-0.4, -0.2) is 63.1 Å². The van der Waals surface area contributed by atoms with Gasteiger partial charge in [-0.1, -0.05) is 22.0 Å². The summed E-state index contributed by atoms with van der Waals surface area (Å²) >= 11 is 3.34. The normalized spacial score (nSPS) is 24.7. The van der Waals surface area contributed by atoms with Gasteiger partial charge in [-0.05, 0) is 37.5 Å². The van der Waals surface area contributed by atoms with Gasteiger partial charge in [-0.3, -0.25) is 4.90 Å². The molecular formula is C16H23BrN2O3S. The third-order valence-electron chi connectivity index (χ3n) is 4.50. The van der Waals surface area contributed by atoms with Gasteiger partial charge in [0.25, 0.3) is 0 Å². The van der Waals surface area contributed by atoms with Crippen LogP contribution < -0.4 is 0 Å². The van der Waals surface area contributed by atoms with Gasteiger partial charge in [0.1, 0.15) is 0 Å². The van der Waals surface area contributed by atoms with Gasteiger partial charge < -0.3 is 4.74 Å². The van der Waals surface area contributed by atoms with Gasteiger partial charge in [-0.15, -0.1) is 0 Å². The van der Waals surface area contributed by atoms with Gasteiger partial charge in [-0.2, -0.15) is 4.31 Å². The lowest BCUT2D eigenvalue weighted by molar-refractivity contribution is -0.0103. The fraction of sp³-hybridized carbons (Fsp3) is 0.625. The summed E-state index contributed by atoms with van der Waals surface area (Å²) in [6.45, 7) is 4.41. The smallest absolute Gasteiger partial charge is 0.243 e. The van der Waals surface area contributed by atoms with Crippen LogP contribution in [0.2, 0.25) is 0 Å². The van der Waals surface area contributed by atoms with E-state index in [1.165, 1.54) is 6.42 Å². The highest BCUT2D eigenvalue weighted by Crippen LogP contribution is 2.22. The van der Waals surface area contributed by atoms with Crippen LogP contribution in [0, 0.1) is 0 Å². The van der Waals surface area contributed by atoms with Crippen molar-refractivity contribution in [3.8, 4) is 0 Å². The highest BCUT2D eigenvalue weighted by molar-refractivity contribution is 9.10. The lowest BCUT2D eigenvalue weighted by atomic mass is 10.1. The lowest BCUT2D eigenvalue weighted by Crippen LogP contribution is -2.50. The summed E-state index contributed by atoms with van der Waals surface area (Å²) in [6.07, 6.45) is 3.84. The molecule has 0 radical (unpaired) electrons. The minimum Gasteiger partial charge on any atom is -0.377 e. The molecular weight excluding hydrogens is 380 g/mol. The molecule has 128 valence electrons. The fourth-order valence-electron chi connectivity index (χ4n) is 3.17. The Morgan fingerprint density at radius 1 is 1.17 bits per heavy atom. The summed E-state index contributed by atoms with van der Waals surface area (Å²) in [5, 5.41) is 0. The largest absolute Gasteiger partial charge is 0.377 e. The van der Waals surface area contributed by atoms with Crippen LogP contribution in [0.5, 0.6) is 0 Å². The van der Waals surface area contributed by atoms with Gasteiger partial charge >= 0.3 is 0 Å². The molecule has 1 atom stereocenters. The lowest BCUT2D eigenvalue weighted by Gasteiger charge is -2.36. The highest BCUT2D eigenvalue weighted by Gasteiger charge is 2.29. The number of hydrogen-bond donors (Lipinski definition) is 0. The van der Waals surface area contributed by atoms with E-state index in [1.54, 1.807) is 22.5 Å². The van der Waals surface area contributed by atoms with Crippen LogP contribution in [0.4, 0.5) is 0 Å². The van der Waals surface area contributed by atoms with E-state index in [4.69, 9.17) is 4.74 Å². The molecule has 2 aliphatic heterocycles. The first-order valence-electron chi connectivity index (χ1n) is 8.15. The zero-order valence-electron chi connectivity index (χ0n) is 13.2. The second-order valence-corrected chi connectivity index (χ2v) is 9.00. The van der Waals surface area contributed by atoms with E-state index in [0.717, 1.165) is 43.6 Å².